The van der Waals surface area contributed by atoms with E-state index in [2.05, 4.69) is 17.6 Å². The quantitative estimate of drug-likeness (QED) is 0.120. The molecule has 1 heterocycles. The average Bonchev–Trinajstić information content (AvgIpc) is 2.88. The van der Waals surface area contributed by atoms with Crippen molar-refractivity contribution in [2.24, 2.45) is 11.8 Å². The van der Waals surface area contributed by atoms with Gasteiger partial charge in [-0.3, -0.25) is 19.2 Å². The maximum Gasteiger partial charge on any atom is 0.332 e. The number of ether oxygens (including phenoxy) is 3. The van der Waals surface area contributed by atoms with Gasteiger partial charge >= 0.3 is 17.9 Å². The molecule has 1 aromatic carbocycles. The molecule has 1 aliphatic rings. The molecule has 11 nitrogen and oxygen atoms in total. The number of phenols is 1. The van der Waals surface area contributed by atoms with Crippen molar-refractivity contribution >= 4 is 35.9 Å². The summed E-state index contributed by atoms with van der Waals surface area (Å²) in [5.41, 5.74) is -0.210. The third kappa shape index (κ3) is 8.74. The number of carbonyl (C=O) groups is 5. The van der Waals surface area contributed by atoms with Crippen LogP contribution in [-0.4, -0.2) is 60.2 Å². The number of esters is 3. The maximum absolute atomic E-state index is 13.2. The van der Waals surface area contributed by atoms with E-state index in [1.165, 1.54) is 25.1 Å². The second kappa shape index (κ2) is 14.9. The molecular weight excluding hydrogens is 496 g/mol. The van der Waals surface area contributed by atoms with Gasteiger partial charge < -0.3 is 30.0 Å². The molecule has 3 N–H and O–H groups in total. The van der Waals surface area contributed by atoms with E-state index in [9.17, 15) is 29.1 Å². The lowest BCUT2D eigenvalue weighted by molar-refractivity contribution is -0.168. The summed E-state index contributed by atoms with van der Waals surface area (Å²) in [5, 5.41) is 15.1. The van der Waals surface area contributed by atoms with Crippen molar-refractivity contribution in [2.75, 3.05) is 11.9 Å². The Morgan fingerprint density at radius 3 is 2.58 bits per heavy atom. The minimum Gasteiger partial charge on any atom is -0.505 e. The molecule has 0 bridgehead atoms. The van der Waals surface area contributed by atoms with Gasteiger partial charge in [0.25, 0.3) is 5.91 Å². The zero-order valence-corrected chi connectivity index (χ0v) is 22.4. The van der Waals surface area contributed by atoms with E-state index < -0.39 is 53.7 Å². The zero-order chi connectivity index (χ0) is 28.2. The fraction of sp³-hybridized carbons (Fsp3) is 0.593. The number of rotatable bonds is 12. The molecule has 0 spiro atoms. The molecule has 1 saturated heterocycles. The number of anilines is 1. The standard InChI is InChI=1S/C27H38N2O9/c1-5-6-7-8-10-18-21(38-22(31)13-16(2)3)14-36-27(35)23(17(4)37-26(18)34)29-25(33)19-11-9-12-20(24(19)32)28-15-30/h9,11-12,15-18,21,23,32H,5-8,10,13-14H2,1-4H3,(H,28,30)(H,29,33)/t17-,18-,21+,23+/m1/s1. The Morgan fingerprint density at radius 1 is 1.18 bits per heavy atom. The van der Waals surface area contributed by atoms with Gasteiger partial charge in [-0.15, -0.1) is 0 Å². The van der Waals surface area contributed by atoms with E-state index in [0.29, 0.717) is 19.3 Å². The molecule has 4 atom stereocenters. The number of benzene rings is 1. The van der Waals surface area contributed by atoms with Crippen LogP contribution in [0, 0.1) is 11.8 Å². The van der Waals surface area contributed by atoms with Crippen LogP contribution in [0.4, 0.5) is 5.69 Å². The van der Waals surface area contributed by atoms with Crippen LogP contribution in [0.15, 0.2) is 18.2 Å². The van der Waals surface area contributed by atoms with Crippen LogP contribution in [0.5, 0.6) is 5.75 Å². The molecule has 0 aromatic heterocycles. The van der Waals surface area contributed by atoms with E-state index in [4.69, 9.17) is 14.2 Å². The maximum atomic E-state index is 13.2. The molecule has 1 aromatic rings. The van der Waals surface area contributed by atoms with Gasteiger partial charge in [-0.05, 0) is 31.4 Å². The Balaban J connectivity index is 2.26. The first-order valence-corrected chi connectivity index (χ1v) is 13.0. The van der Waals surface area contributed by atoms with Gasteiger partial charge in [0.15, 0.2) is 11.8 Å². The molecule has 11 heteroatoms. The van der Waals surface area contributed by atoms with E-state index in [1.807, 2.05) is 13.8 Å². The predicted molar refractivity (Wildman–Crippen MR) is 137 cm³/mol. The van der Waals surface area contributed by atoms with Gasteiger partial charge in [0.05, 0.1) is 17.2 Å². The highest BCUT2D eigenvalue weighted by atomic mass is 16.6. The Kier molecular flexibility index (Phi) is 12.0. The number of nitrogens with one attached hydrogen (secondary N) is 2. The Bertz CT molecular complexity index is 995. The van der Waals surface area contributed by atoms with E-state index in [0.717, 1.165) is 19.3 Å². The molecule has 0 saturated carbocycles. The van der Waals surface area contributed by atoms with E-state index in [-0.39, 0.29) is 30.2 Å². The third-order valence-electron chi connectivity index (χ3n) is 6.17. The highest BCUT2D eigenvalue weighted by Gasteiger charge is 2.40. The monoisotopic (exact) mass is 534 g/mol. The summed E-state index contributed by atoms with van der Waals surface area (Å²) in [5.74, 6) is -4.22. The highest BCUT2D eigenvalue weighted by Crippen LogP contribution is 2.28. The van der Waals surface area contributed by atoms with Crippen molar-refractivity contribution in [3.05, 3.63) is 23.8 Å². The number of hydrogen-bond donors (Lipinski definition) is 3. The number of aromatic hydroxyl groups is 1. The second-order valence-corrected chi connectivity index (χ2v) is 9.77. The number of unbranched alkanes of at least 4 members (excludes halogenated alkanes) is 3. The fourth-order valence-corrected chi connectivity index (χ4v) is 4.12. The third-order valence-corrected chi connectivity index (χ3v) is 6.17. The summed E-state index contributed by atoms with van der Waals surface area (Å²) >= 11 is 0. The first-order chi connectivity index (χ1) is 18.1. The van der Waals surface area contributed by atoms with Crippen LogP contribution < -0.4 is 10.6 Å². The van der Waals surface area contributed by atoms with Crippen LogP contribution >= 0.6 is 0 Å². The van der Waals surface area contributed by atoms with Crippen molar-refractivity contribution in [1.82, 2.24) is 5.32 Å². The van der Waals surface area contributed by atoms with Gasteiger partial charge in [-0.1, -0.05) is 52.5 Å². The van der Waals surface area contributed by atoms with Gasteiger partial charge in [-0.25, -0.2) is 4.79 Å². The molecular formula is C27H38N2O9. The molecule has 1 aliphatic heterocycles. The first kappa shape index (κ1) is 30.6. The van der Waals surface area contributed by atoms with E-state index >= 15 is 0 Å². The molecule has 2 amide bonds. The summed E-state index contributed by atoms with van der Waals surface area (Å²) in [7, 11) is 0. The van der Waals surface area contributed by atoms with Crippen LogP contribution in [0.25, 0.3) is 0 Å². The van der Waals surface area contributed by atoms with Crippen LogP contribution in [0.1, 0.15) is 76.6 Å². The Morgan fingerprint density at radius 2 is 1.92 bits per heavy atom. The van der Waals surface area contributed by atoms with Gasteiger partial charge in [0, 0.05) is 6.42 Å². The lowest BCUT2D eigenvalue weighted by Gasteiger charge is -2.25. The summed E-state index contributed by atoms with van der Waals surface area (Å²) in [4.78, 5) is 62.3. The molecule has 38 heavy (non-hydrogen) atoms. The van der Waals surface area contributed by atoms with E-state index in [1.54, 1.807) is 0 Å². The summed E-state index contributed by atoms with van der Waals surface area (Å²) in [6.45, 7) is 6.85. The van der Waals surface area contributed by atoms with Crippen LogP contribution in [0.2, 0.25) is 0 Å². The Labute approximate surface area is 222 Å². The van der Waals surface area contributed by atoms with Crippen molar-refractivity contribution in [3.63, 3.8) is 0 Å². The van der Waals surface area contributed by atoms with Crippen LogP contribution in [-0.2, 0) is 33.4 Å². The fourth-order valence-electron chi connectivity index (χ4n) is 4.12. The lowest BCUT2D eigenvalue weighted by atomic mass is 9.95. The molecule has 0 aliphatic carbocycles. The minimum atomic E-state index is -1.40. The van der Waals surface area contributed by atoms with Gasteiger partial charge in [0.1, 0.15) is 18.8 Å². The number of carbonyl (C=O) groups excluding carboxylic acids is 5. The molecule has 1 fully saturated rings. The van der Waals surface area contributed by atoms with Crippen molar-refractivity contribution in [1.29, 1.82) is 0 Å². The molecule has 2 rings (SSSR count). The van der Waals surface area contributed by atoms with Crippen LogP contribution in [0.3, 0.4) is 0 Å². The lowest BCUT2D eigenvalue weighted by Crippen LogP contribution is -2.49. The second-order valence-electron chi connectivity index (χ2n) is 9.77. The van der Waals surface area contributed by atoms with Crippen molar-refractivity contribution in [2.45, 2.75) is 84.5 Å². The molecule has 0 radical (unpaired) electrons. The van der Waals surface area contributed by atoms with Gasteiger partial charge in [0.2, 0.25) is 6.41 Å². The van der Waals surface area contributed by atoms with Crippen molar-refractivity contribution in [3.8, 4) is 5.75 Å². The summed E-state index contributed by atoms with van der Waals surface area (Å²) in [6.07, 6.45) is 2.26. The molecule has 210 valence electrons. The Hall–Kier alpha value is -3.63. The number of amides is 2. The zero-order valence-electron chi connectivity index (χ0n) is 22.4. The smallest absolute Gasteiger partial charge is 0.332 e. The SMILES string of the molecule is CCCCCC[C@H]1C(=O)O[C@H](C)[C@H](NC(=O)c2cccc(NC=O)c2O)C(=O)OC[C@@H]1OC(=O)CC(C)C. The summed E-state index contributed by atoms with van der Waals surface area (Å²) < 4.78 is 16.6. The topological polar surface area (TPSA) is 157 Å². The highest BCUT2D eigenvalue weighted by molar-refractivity contribution is 6.01. The number of para-hydroxylation sites is 1. The molecule has 0 unspecified atom stereocenters. The number of hydrogen-bond acceptors (Lipinski definition) is 9. The largest absolute Gasteiger partial charge is 0.505 e. The summed E-state index contributed by atoms with van der Waals surface area (Å²) in [6, 6.07) is 2.72. The number of cyclic esters (lactones) is 2. The van der Waals surface area contributed by atoms with Crippen molar-refractivity contribution < 1.29 is 43.3 Å². The van der Waals surface area contributed by atoms with Gasteiger partial charge in [-0.2, -0.15) is 0 Å². The minimum absolute atomic E-state index is 0.00105. The predicted octanol–water partition coefficient (Wildman–Crippen LogP) is 3.09. The normalized spacial score (nSPS) is 21.8. The first-order valence-electron chi connectivity index (χ1n) is 13.0. The average molecular weight is 535 g/mol. The number of phenolic OH excluding ortho intramolecular Hbond substituents is 1.